The van der Waals surface area contributed by atoms with Gasteiger partial charge in [0, 0.05) is 27.7 Å². The van der Waals surface area contributed by atoms with E-state index in [-0.39, 0.29) is 11.4 Å². The first kappa shape index (κ1) is 21.4. The highest BCUT2D eigenvalue weighted by Gasteiger charge is 2.32. The molecule has 1 heterocycles. The maximum Gasteiger partial charge on any atom is 0.311 e. The first-order chi connectivity index (χ1) is 14.8. The van der Waals surface area contributed by atoms with Crippen molar-refractivity contribution in [1.29, 1.82) is 0 Å². The average Bonchev–Trinajstić information content (AvgIpc) is 3.32. The molecule has 2 aromatic carbocycles. The second kappa shape index (κ2) is 8.35. The Labute approximate surface area is 184 Å². The van der Waals surface area contributed by atoms with Gasteiger partial charge < -0.3 is 10.2 Å². The number of hydrogen-bond acceptors (Lipinski definition) is 3. The Morgan fingerprint density at radius 1 is 1.23 bits per heavy atom. The zero-order chi connectivity index (χ0) is 22.3. The summed E-state index contributed by atoms with van der Waals surface area (Å²) < 4.78 is 15.6. The van der Waals surface area contributed by atoms with E-state index in [0.29, 0.717) is 33.7 Å². The molecule has 1 atom stereocenters. The van der Waals surface area contributed by atoms with Gasteiger partial charge in [-0.05, 0) is 49.1 Å². The van der Waals surface area contributed by atoms with Gasteiger partial charge in [0.05, 0.1) is 11.4 Å². The number of carboxylic acids is 1. The molecule has 5 nitrogen and oxygen atoms in total. The van der Waals surface area contributed by atoms with Crippen LogP contribution in [0.1, 0.15) is 59.6 Å². The van der Waals surface area contributed by atoms with Crippen LogP contribution in [-0.4, -0.2) is 26.7 Å². The summed E-state index contributed by atoms with van der Waals surface area (Å²) in [7, 11) is 0. The number of aromatic nitrogens is 1. The Bertz CT molecular complexity index is 1180. The molecule has 0 radical (unpaired) electrons. The van der Waals surface area contributed by atoms with E-state index in [1.54, 1.807) is 25.1 Å². The van der Waals surface area contributed by atoms with Crippen molar-refractivity contribution in [1.82, 2.24) is 4.57 Å². The highest BCUT2D eigenvalue weighted by molar-refractivity contribution is 6.31. The minimum absolute atomic E-state index is 0.227. The molecule has 1 aromatic heterocycles. The molecule has 0 amide bonds. The van der Waals surface area contributed by atoms with Crippen LogP contribution < -0.4 is 0 Å². The zero-order valence-corrected chi connectivity index (χ0v) is 17.8. The van der Waals surface area contributed by atoms with Crippen LogP contribution in [-0.2, 0) is 4.79 Å². The SMILES string of the molecule is Cc1c(C(CC2CCCC2)C(=O)O)c2cc(O)c(F)cc2n1C(=O)c1cccc(Cl)c1. The van der Waals surface area contributed by atoms with Gasteiger partial charge in [-0.1, -0.05) is 43.4 Å². The molecule has 1 aliphatic rings. The molecule has 7 heteroatoms. The van der Waals surface area contributed by atoms with Crippen LogP contribution in [0.25, 0.3) is 10.9 Å². The van der Waals surface area contributed by atoms with Crippen LogP contribution in [0.5, 0.6) is 5.75 Å². The molecule has 0 spiro atoms. The smallest absolute Gasteiger partial charge is 0.311 e. The van der Waals surface area contributed by atoms with Crippen LogP contribution in [0, 0.1) is 18.7 Å². The summed E-state index contributed by atoms with van der Waals surface area (Å²) >= 11 is 6.04. The van der Waals surface area contributed by atoms with Crippen LogP contribution in [0.3, 0.4) is 0 Å². The largest absolute Gasteiger partial charge is 0.505 e. The van der Waals surface area contributed by atoms with E-state index in [1.165, 1.54) is 16.7 Å². The van der Waals surface area contributed by atoms with Crippen LogP contribution in [0.15, 0.2) is 36.4 Å². The minimum atomic E-state index is -0.993. The number of carbonyl (C=O) groups is 2. The lowest BCUT2D eigenvalue weighted by Gasteiger charge is -2.18. The number of hydrogen-bond donors (Lipinski definition) is 2. The van der Waals surface area contributed by atoms with Crippen LogP contribution in [0.2, 0.25) is 5.02 Å². The van der Waals surface area contributed by atoms with Gasteiger partial charge in [-0.3, -0.25) is 14.2 Å². The third-order valence-corrected chi connectivity index (χ3v) is 6.52. The van der Waals surface area contributed by atoms with Crippen molar-refractivity contribution in [3.63, 3.8) is 0 Å². The Balaban J connectivity index is 1.93. The van der Waals surface area contributed by atoms with Crippen molar-refractivity contribution in [2.75, 3.05) is 0 Å². The number of nitrogens with zero attached hydrogens (tertiary/aromatic N) is 1. The Kier molecular flexibility index (Phi) is 5.75. The highest BCUT2D eigenvalue weighted by atomic mass is 35.5. The van der Waals surface area contributed by atoms with E-state index in [1.807, 2.05) is 0 Å². The van der Waals surface area contributed by atoms with Gasteiger partial charge in [-0.15, -0.1) is 0 Å². The van der Waals surface area contributed by atoms with E-state index >= 15 is 0 Å². The normalized spacial score (nSPS) is 15.5. The van der Waals surface area contributed by atoms with Gasteiger partial charge in [0.2, 0.25) is 0 Å². The average molecular weight is 444 g/mol. The second-order valence-corrected chi connectivity index (χ2v) is 8.68. The maximum atomic E-state index is 14.3. The van der Waals surface area contributed by atoms with Gasteiger partial charge in [-0.25, -0.2) is 4.39 Å². The van der Waals surface area contributed by atoms with E-state index in [2.05, 4.69) is 0 Å². The second-order valence-electron chi connectivity index (χ2n) is 8.25. The minimum Gasteiger partial charge on any atom is -0.505 e. The number of phenolic OH excluding ortho intramolecular Hbond substituents is 1. The third kappa shape index (κ3) is 3.92. The van der Waals surface area contributed by atoms with Crippen molar-refractivity contribution in [2.45, 2.75) is 44.9 Å². The van der Waals surface area contributed by atoms with Crippen molar-refractivity contribution in [3.05, 3.63) is 64.1 Å². The number of fused-ring (bicyclic) bond motifs is 1. The lowest BCUT2D eigenvalue weighted by atomic mass is 9.86. The molecule has 4 rings (SSSR count). The number of phenols is 1. The Morgan fingerprint density at radius 2 is 1.94 bits per heavy atom. The van der Waals surface area contributed by atoms with E-state index in [9.17, 15) is 24.2 Å². The molecule has 0 saturated heterocycles. The fourth-order valence-electron chi connectivity index (χ4n) is 4.82. The van der Waals surface area contributed by atoms with Crippen LogP contribution >= 0.6 is 11.6 Å². The van der Waals surface area contributed by atoms with Gasteiger partial charge in [0.15, 0.2) is 11.6 Å². The fourth-order valence-corrected chi connectivity index (χ4v) is 5.01. The number of rotatable bonds is 5. The predicted molar refractivity (Wildman–Crippen MR) is 116 cm³/mol. The number of carbonyl (C=O) groups excluding carboxylic acids is 1. The summed E-state index contributed by atoms with van der Waals surface area (Å²) in [6, 6.07) is 8.70. The number of carboxylic acid groups (broad SMARTS) is 1. The third-order valence-electron chi connectivity index (χ3n) is 6.29. The quantitative estimate of drug-likeness (QED) is 0.515. The fraction of sp³-hybridized carbons (Fsp3) is 0.333. The van der Waals surface area contributed by atoms with E-state index < -0.39 is 29.4 Å². The van der Waals surface area contributed by atoms with Crippen LogP contribution in [0.4, 0.5) is 4.39 Å². The Morgan fingerprint density at radius 3 is 2.58 bits per heavy atom. The first-order valence-corrected chi connectivity index (χ1v) is 10.7. The van der Waals surface area contributed by atoms with Crippen molar-refractivity contribution in [2.24, 2.45) is 5.92 Å². The summed E-state index contributed by atoms with van der Waals surface area (Å²) in [6.07, 6.45) is 4.55. The highest BCUT2D eigenvalue weighted by Crippen LogP contribution is 2.41. The molecular formula is C24H23ClFNO4. The molecule has 1 unspecified atom stereocenters. The van der Waals surface area contributed by atoms with Gasteiger partial charge in [0.1, 0.15) is 0 Å². The van der Waals surface area contributed by atoms with Gasteiger partial charge in [0.25, 0.3) is 5.91 Å². The standard InChI is InChI=1S/C24H23ClFNO4/c1-13-22(18(24(30)31)9-14-5-2-3-6-14)17-11-21(28)19(26)12-20(17)27(13)23(29)15-7-4-8-16(25)10-15/h4,7-8,10-12,14,18,28H,2-3,5-6,9H2,1H3,(H,30,31). The molecule has 31 heavy (non-hydrogen) atoms. The summed E-state index contributed by atoms with van der Waals surface area (Å²) in [6.45, 7) is 1.66. The molecular weight excluding hydrogens is 421 g/mol. The predicted octanol–water partition coefficient (Wildman–Crippen LogP) is 5.88. The number of benzene rings is 2. The van der Waals surface area contributed by atoms with Crippen molar-refractivity contribution < 1.29 is 24.2 Å². The molecule has 1 fully saturated rings. The number of aliphatic carboxylic acids is 1. The summed E-state index contributed by atoms with van der Waals surface area (Å²) in [5, 5.41) is 20.8. The topological polar surface area (TPSA) is 79.5 Å². The van der Waals surface area contributed by atoms with Crippen molar-refractivity contribution >= 4 is 34.4 Å². The molecule has 1 saturated carbocycles. The van der Waals surface area contributed by atoms with E-state index in [0.717, 1.165) is 31.7 Å². The van der Waals surface area contributed by atoms with Crippen molar-refractivity contribution in [3.8, 4) is 5.75 Å². The molecule has 162 valence electrons. The summed E-state index contributed by atoms with van der Waals surface area (Å²) in [4.78, 5) is 25.6. The monoisotopic (exact) mass is 443 g/mol. The zero-order valence-electron chi connectivity index (χ0n) is 17.1. The number of aromatic hydroxyl groups is 1. The first-order valence-electron chi connectivity index (χ1n) is 10.3. The van der Waals surface area contributed by atoms with E-state index in [4.69, 9.17) is 11.6 Å². The molecule has 3 aromatic rings. The number of halogens is 2. The summed E-state index contributed by atoms with van der Waals surface area (Å²) in [5.74, 6) is -3.45. The molecule has 1 aliphatic carbocycles. The lowest BCUT2D eigenvalue weighted by Crippen LogP contribution is -2.18. The molecule has 0 aliphatic heterocycles. The molecule has 2 N–H and O–H groups in total. The lowest BCUT2D eigenvalue weighted by molar-refractivity contribution is -0.139. The van der Waals surface area contributed by atoms with Gasteiger partial charge >= 0.3 is 5.97 Å². The Hall–Kier alpha value is -2.86. The van der Waals surface area contributed by atoms with Gasteiger partial charge in [-0.2, -0.15) is 0 Å². The molecule has 0 bridgehead atoms. The maximum absolute atomic E-state index is 14.3. The summed E-state index contributed by atoms with van der Waals surface area (Å²) in [5.41, 5.74) is 1.40.